The van der Waals surface area contributed by atoms with Crippen LogP contribution < -0.4 is 5.32 Å². The highest BCUT2D eigenvalue weighted by molar-refractivity contribution is 5.76. The minimum absolute atomic E-state index is 0.150. The molecule has 0 saturated carbocycles. The van der Waals surface area contributed by atoms with Gasteiger partial charge >= 0.3 is 12.0 Å². The summed E-state index contributed by atoms with van der Waals surface area (Å²) >= 11 is 0. The van der Waals surface area contributed by atoms with Gasteiger partial charge in [-0.3, -0.25) is 4.79 Å². The van der Waals surface area contributed by atoms with Crippen molar-refractivity contribution in [3.63, 3.8) is 0 Å². The van der Waals surface area contributed by atoms with Crippen LogP contribution in [0.15, 0.2) is 0 Å². The molecule has 0 aromatic heterocycles. The van der Waals surface area contributed by atoms with E-state index < -0.39 is 11.9 Å². The molecule has 6 nitrogen and oxygen atoms in total. The standard InChI is InChI=1S/C12H22N2O4/c1-2-10(11(16)17)7-13-12(18)14-5-3-9(8-14)4-6-15/h9-10,15H,2-8H2,1H3,(H,13,18)(H,16,17). The molecule has 1 saturated heterocycles. The number of hydrogen-bond donors (Lipinski definition) is 3. The molecule has 2 unspecified atom stereocenters. The molecule has 0 aliphatic carbocycles. The zero-order valence-electron chi connectivity index (χ0n) is 10.8. The van der Waals surface area contributed by atoms with Gasteiger partial charge in [0.25, 0.3) is 0 Å². The Morgan fingerprint density at radius 3 is 2.78 bits per heavy atom. The number of rotatable bonds is 6. The maximum Gasteiger partial charge on any atom is 0.317 e. The Morgan fingerprint density at radius 2 is 2.22 bits per heavy atom. The molecule has 18 heavy (non-hydrogen) atoms. The van der Waals surface area contributed by atoms with Gasteiger partial charge < -0.3 is 20.4 Å². The van der Waals surface area contributed by atoms with Gasteiger partial charge in [0.15, 0.2) is 0 Å². The second-order valence-electron chi connectivity index (χ2n) is 4.74. The number of hydrogen-bond acceptors (Lipinski definition) is 3. The zero-order chi connectivity index (χ0) is 13.5. The molecule has 6 heteroatoms. The van der Waals surface area contributed by atoms with E-state index in [1.165, 1.54) is 0 Å². The Morgan fingerprint density at radius 1 is 1.50 bits per heavy atom. The molecule has 2 atom stereocenters. The minimum atomic E-state index is -0.877. The van der Waals surface area contributed by atoms with Gasteiger partial charge in [-0.2, -0.15) is 0 Å². The lowest BCUT2D eigenvalue weighted by atomic mass is 10.1. The number of urea groups is 1. The van der Waals surface area contributed by atoms with Gasteiger partial charge in [-0.1, -0.05) is 6.92 Å². The van der Waals surface area contributed by atoms with Crippen molar-refractivity contribution in [3.05, 3.63) is 0 Å². The molecule has 1 rings (SSSR count). The van der Waals surface area contributed by atoms with Crippen molar-refractivity contribution >= 4 is 12.0 Å². The van der Waals surface area contributed by atoms with Crippen LogP contribution in [0.1, 0.15) is 26.2 Å². The van der Waals surface area contributed by atoms with E-state index in [0.29, 0.717) is 25.4 Å². The van der Waals surface area contributed by atoms with Crippen molar-refractivity contribution < 1.29 is 19.8 Å². The fraction of sp³-hybridized carbons (Fsp3) is 0.833. The summed E-state index contributed by atoms with van der Waals surface area (Å²) in [4.78, 5) is 24.3. The van der Waals surface area contributed by atoms with E-state index in [2.05, 4.69) is 5.32 Å². The number of amides is 2. The average Bonchev–Trinajstić information content (AvgIpc) is 2.78. The van der Waals surface area contributed by atoms with Gasteiger partial charge in [0, 0.05) is 26.2 Å². The van der Waals surface area contributed by atoms with Gasteiger partial charge in [-0.15, -0.1) is 0 Å². The monoisotopic (exact) mass is 258 g/mol. The number of likely N-dealkylation sites (tertiary alicyclic amines) is 1. The van der Waals surface area contributed by atoms with Crippen LogP contribution in [0.3, 0.4) is 0 Å². The third-order valence-electron chi connectivity index (χ3n) is 3.45. The second-order valence-corrected chi connectivity index (χ2v) is 4.74. The third kappa shape index (κ3) is 4.18. The number of aliphatic hydroxyl groups excluding tert-OH is 1. The number of aliphatic hydroxyl groups is 1. The quantitative estimate of drug-likeness (QED) is 0.647. The number of carboxylic acid groups (broad SMARTS) is 1. The van der Waals surface area contributed by atoms with E-state index in [0.717, 1.165) is 12.8 Å². The number of carbonyl (C=O) groups is 2. The van der Waals surface area contributed by atoms with Crippen LogP contribution in [-0.2, 0) is 4.79 Å². The van der Waals surface area contributed by atoms with Crippen molar-refractivity contribution in [1.82, 2.24) is 10.2 Å². The number of carboxylic acids is 1. The zero-order valence-corrected chi connectivity index (χ0v) is 10.8. The SMILES string of the molecule is CCC(CNC(=O)N1CCC(CCO)C1)C(=O)O. The Labute approximate surface area is 107 Å². The van der Waals surface area contributed by atoms with Crippen LogP contribution in [-0.4, -0.2) is 53.4 Å². The number of nitrogens with zero attached hydrogens (tertiary/aromatic N) is 1. The fourth-order valence-corrected chi connectivity index (χ4v) is 2.16. The first-order valence-corrected chi connectivity index (χ1v) is 6.44. The van der Waals surface area contributed by atoms with Crippen LogP contribution in [0.4, 0.5) is 4.79 Å². The van der Waals surface area contributed by atoms with Gasteiger partial charge in [0.1, 0.15) is 0 Å². The molecule has 0 aromatic carbocycles. The van der Waals surface area contributed by atoms with E-state index in [1.54, 1.807) is 11.8 Å². The van der Waals surface area contributed by atoms with Crippen LogP contribution in [0.25, 0.3) is 0 Å². The van der Waals surface area contributed by atoms with E-state index in [9.17, 15) is 9.59 Å². The topological polar surface area (TPSA) is 89.9 Å². The molecule has 104 valence electrons. The first-order chi connectivity index (χ1) is 8.58. The van der Waals surface area contributed by atoms with Crippen molar-refractivity contribution in [1.29, 1.82) is 0 Å². The van der Waals surface area contributed by atoms with Crippen molar-refractivity contribution in [3.8, 4) is 0 Å². The lowest BCUT2D eigenvalue weighted by molar-refractivity contribution is -0.141. The molecule has 1 aliphatic heterocycles. The number of carbonyl (C=O) groups excluding carboxylic acids is 1. The Hall–Kier alpha value is -1.30. The van der Waals surface area contributed by atoms with Crippen LogP contribution in [0.2, 0.25) is 0 Å². The van der Waals surface area contributed by atoms with Gasteiger partial charge in [0.2, 0.25) is 0 Å². The largest absolute Gasteiger partial charge is 0.481 e. The Bertz CT molecular complexity index is 296. The molecule has 0 bridgehead atoms. The highest BCUT2D eigenvalue weighted by Gasteiger charge is 2.26. The molecule has 3 N–H and O–H groups in total. The summed E-state index contributed by atoms with van der Waals surface area (Å²) in [5.74, 6) is -1.04. The molecular formula is C12H22N2O4. The molecule has 0 aromatic rings. The van der Waals surface area contributed by atoms with Crippen LogP contribution >= 0.6 is 0 Å². The van der Waals surface area contributed by atoms with Crippen molar-refractivity contribution in [2.45, 2.75) is 26.2 Å². The first-order valence-electron chi connectivity index (χ1n) is 6.44. The molecule has 1 heterocycles. The van der Waals surface area contributed by atoms with E-state index in [1.807, 2.05) is 0 Å². The fourth-order valence-electron chi connectivity index (χ4n) is 2.16. The van der Waals surface area contributed by atoms with E-state index >= 15 is 0 Å². The van der Waals surface area contributed by atoms with Crippen LogP contribution in [0, 0.1) is 11.8 Å². The maximum absolute atomic E-state index is 11.8. The van der Waals surface area contributed by atoms with E-state index in [4.69, 9.17) is 10.2 Å². The summed E-state index contributed by atoms with van der Waals surface area (Å²) in [7, 11) is 0. The predicted molar refractivity (Wildman–Crippen MR) is 66.2 cm³/mol. The third-order valence-corrected chi connectivity index (χ3v) is 3.45. The van der Waals surface area contributed by atoms with Crippen LogP contribution in [0.5, 0.6) is 0 Å². The summed E-state index contributed by atoms with van der Waals surface area (Å²) in [6, 6.07) is -0.199. The lowest BCUT2D eigenvalue weighted by Crippen LogP contribution is -2.41. The molecule has 1 fully saturated rings. The number of nitrogens with one attached hydrogen (secondary N) is 1. The van der Waals surface area contributed by atoms with Gasteiger partial charge in [-0.05, 0) is 25.2 Å². The lowest BCUT2D eigenvalue weighted by Gasteiger charge is -2.19. The maximum atomic E-state index is 11.8. The summed E-state index contributed by atoms with van der Waals surface area (Å²) < 4.78 is 0. The number of aliphatic carboxylic acids is 1. The highest BCUT2D eigenvalue weighted by atomic mass is 16.4. The molecular weight excluding hydrogens is 236 g/mol. The predicted octanol–water partition coefficient (Wildman–Crippen LogP) is 0.511. The summed E-state index contributed by atoms with van der Waals surface area (Å²) in [6.07, 6.45) is 2.13. The smallest absolute Gasteiger partial charge is 0.317 e. The summed E-state index contributed by atoms with van der Waals surface area (Å²) in [5, 5.41) is 20.4. The first kappa shape index (κ1) is 14.8. The summed E-state index contributed by atoms with van der Waals surface area (Å²) in [5.41, 5.74) is 0. The normalized spacial score (nSPS) is 20.8. The van der Waals surface area contributed by atoms with E-state index in [-0.39, 0.29) is 19.2 Å². The second kappa shape index (κ2) is 7.20. The van der Waals surface area contributed by atoms with Crippen molar-refractivity contribution in [2.24, 2.45) is 11.8 Å². The summed E-state index contributed by atoms with van der Waals surface area (Å²) in [6.45, 7) is 3.44. The van der Waals surface area contributed by atoms with Gasteiger partial charge in [-0.25, -0.2) is 4.79 Å². The van der Waals surface area contributed by atoms with Crippen molar-refractivity contribution in [2.75, 3.05) is 26.2 Å². The molecule has 1 aliphatic rings. The Kier molecular flexibility index (Phi) is 5.91. The average molecular weight is 258 g/mol. The highest BCUT2D eigenvalue weighted by Crippen LogP contribution is 2.18. The minimum Gasteiger partial charge on any atom is -0.481 e. The Balaban J connectivity index is 2.31. The molecule has 2 amide bonds. The molecule has 0 radical (unpaired) electrons. The van der Waals surface area contributed by atoms with Gasteiger partial charge in [0.05, 0.1) is 5.92 Å². The molecule has 0 spiro atoms.